The van der Waals surface area contributed by atoms with Crippen LogP contribution in [-0.2, 0) is 27.7 Å². The van der Waals surface area contributed by atoms with Gasteiger partial charge in [0.2, 0.25) is 0 Å². The van der Waals surface area contributed by atoms with Crippen molar-refractivity contribution in [3.63, 3.8) is 0 Å². The van der Waals surface area contributed by atoms with Gasteiger partial charge >= 0.3 is 16.5 Å². The molecule has 0 saturated carbocycles. The fraction of sp³-hybridized carbons (Fsp3) is 0.113. The maximum absolute atomic E-state index is 14.1. The van der Waals surface area contributed by atoms with Crippen molar-refractivity contribution in [1.82, 2.24) is 19.9 Å². The number of nitrogens with zero attached hydrogens (tertiary/aromatic N) is 4. The zero-order valence-corrected chi connectivity index (χ0v) is 34.0. The summed E-state index contributed by atoms with van der Waals surface area (Å²) in [6.45, 7) is 6.30. The van der Waals surface area contributed by atoms with Crippen LogP contribution in [0.4, 0.5) is 0 Å². The van der Waals surface area contributed by atoms with Crippen LogP contribution in [0.2, 0.25) is 0 Å². The van der Waals surface area contributed by atoms with E-state index in [9.17, 15) is 4.79 Å². The molecule has 288 valence electrons. The molecule has 1 aliphatic carbocycles. The van der Waals surface area contributed by atoms with Gasteiger partial charge in [-0.15, -0.1) is 22.1 Å². The van der Waals surface area contributed by atoms with Crippen molar-refractivity contribution in [3.05, 3.63) is 184 Å². The van der Waals surface area contributed by atoms with Gasteiger partial charge in [-0.3, -0.25) is 4.79 Å². The molecular formula is C53H40N4NiO. The van der Waals surface area contributed by atoms with Crippen LogP contribution in [0.5, 0.6) is 0 Å². The molecule has 8 bridgehead atoms. The van der Waals surface area contributed by atoms with E-state index in [2.05, 4.69) is 148 Å². The number of hydrogen-bond donors (Lipinski definition) is 0. The molecule has 0 saturated heterocycles. The largest absolute Gasteiger partial charge is 2.00 e. The summed E-state index contributed by atoms with van der Waals surface area (Å²) in [5.41, 5.74) is 18.8. The molecule has 3 aromatic heterocycles. The van der Waals surface area contributed by atoms with Gasteiger partial charge in [0, 0.05) is 11.5 Å². The van der Waals surface area contributed by atoms with Crippen molar-refractivity contribution < 1.29 is 21.3 Å². The van der Waals surface area contributed by atoms with Crippen LogP contribution < -0.4 is 9.97 Å². The van der Waals surface area contributed by atoms with Crippen molar-refractivity contribution in [2.75, 3.05) is 0 Å². The summed E-state index contributed by atoms with van der Waals surface area (Å²) in [7, 11) is 0. The van der Waals surface area contributed by atoms with Crippen molar-refractivity contribution in [3.8, 4) is 33.4 Å². The third-order valence-electron chi connectivity index (χ3n) is 11.5. The average Bonchev–Trinajstić information content (AvgIpc) is 4.10. The maximum atomic E-state index is 14.1. The van der Waals surface area contributed by atoms with Crippen LogP contribution in [0.25, 0.3) is 85.3 Å². The Hall–Kier alpha value is -6.62. The molecule has 6 heteroatoms. The Morgan fingerprint density at radius 2 is 0.898 bits per heavy atom. The number of hydrogen-bond acceptors (Lipinski definition) is 3. The van der Waals surface area contributed by atoms with E-state index in [1.54, 1.807) is 0 Å². The summed E-state index contributed by atoms with van der Waals surface area (Å²) >= 11 is 0. The number of Topliss-reactive ketones (excluding diaryl/α,β-unsaturated/α-hetero) is 1. The molecule has 4 aromatic carbocycles. The molecule has 5 heterocycles. The number of allylic oxidation sites excluding steroid dienone is 2. The second kappa shape index (κ2) is 15.6. The van der Waals surface area contributed by atoms with Gasteiger partial charge in [-0.2, -0.15) is 0 Å². The normalized spacial score (nSPS) is 14.4. The van der Waals surface area contributed by atoms with E-state index in [0.29, 0.717) is 12.8 Å². The third-order valence-corrected chi connectivity index (χ3v) is 11.5. The van der Waals surface area contributed by atoms with Gasteiger partial charge in [0.25, 0.3) is 0 Å². The van der Waals surface area contributed by atoms with Gasteiger partial charge in [-0.25, -0.2) is 9.97 Å². The Balaban J connectivity index is 0.00000449. The van der Waals surface area contributed by atoms with Gasteiger partial charge in [0.05, 0.1) is 22.8 Å². The monoisotopic (exact) mass is 806 g/mol. The van der Waals surface area contributed by atoms with Crippen molar-refractivity contribution in [1.29, 1.82) is 0 Å². The quantitative estimate of drug-likeness (QED) is 0.157. The molecule has 59 heavy (non-hydrogen) atoms. The van der Waals surface area contributed by atoms with E-state index in [4.69, 9.17) is 19.9 Å². The molecule has 0 radical (unpaired) electrons. The zero-order chi connectivity index (χ0) is 39.3. The van der Waals surface area contributed by atoms with Crippen LogP contribution in [0.3, 0.4) is 0 Å². The van der Waals surface area contributed by atoms with E-state index >= 15 is 0 Å². The molecule has 0 N–H and O–H groups in total. The molecule has 1 atom stereocenters. The molecular weight excluding hydrogens is 767 g/mol. The molecule has 0 spiro atoms. The number of carbonyl (C=O) groups is 1. The first-order valence-electron chi connectivity index (χ1n) is 19.9. The van der Waals surface area contributed by atoms with Crippen LogP contribution in [-0.4, -0.2) is 15.8 Å². The van der Waals surface area contributed by atoms with Crippen LogP contribution in [0, 0.1) is 26.7 Å². The number of fused-ring (bicyclic) bond motifs is 8. The standard InChI is InChI=1S/C53H40N4O.Ni/c1-32-9-15-36(16-10-32)50-44-25-23-42(54-44)41(31-39-21-22-40(53(39)58)35-7-5-4-6-8-35)43-24-26-45(55-43)51(37-17-11-33(2)12-18-37)47-28-30-49(57-47)52(48-29-27-46(50)56-48)38-19-13-34(3)14-20-38;/h4-20,22-30,39H,21,31H2,1-3H3;/q-2;+2. The Labute approximate surface area is 354 Å². The molecule has 2 aliphatic heterocycles. The summed E-state index contributed by atoms with van der Waals surface area (Å²) in [5, 5.41) is 0. The number of aryl methyl sites for hydroxylation is 3. The topological polar surface area (TPSA) is 71.1 Å². The van der Waals surface area contributed by atoms with Crippen molar-refractivity contribution >= 4 is 57.7 Å². The summed E-state index contributed by atoms with van der Waals surface area (Å²) in [4.78, 5) is 35.6. The number of carbonyl (C=O) groups excluding carboxylic acids is 1. The van der Waals surface area contributed by atoms with E-state index in [1.165, 1.54) is 16.7 Å². The fourth-order valence-corrected chi connectivity index (χ4v) is 8.39. The first-order valence-corrected chi connectivity index (χ1v) is 19.9. The molecule has 3 aliphatic rings. The predicted octanol–water partition coefficient (Wildman–Crippen LogP) is 12.1. The molecule has 7 aromatic rings. The van der Waals surface area contributed by atoms with Crippen LogP contribution in [0.1, 0.15) is 57.0 Å². The number of ketones is 1. The fourth-order valence-electron chi connectivity index (χ4n) is 8.39. The first kappa shape index (κ1) is 37.9. The number of benzene rings is 4. The Morgan fingerprint density at radius 1 is 0.492 bits per heavy atom. The van der Waals surface area contributed by atoms with Gasteiger partial charge in [0.15, 0.2) is 5.78 Å². The first-order chi connectivity index (χ1) is 28.4. The molecule has 0 fully saturated rings. The van der Waals surface area contributed by atoms with Gasteiger partial charge in [0.1, 0.15) is 0 Å². The molecule has 0 amide bonds. The van der Waals surface area contributed by atoms with E-state index < -0.39 is 0 Å². The van der Waals surface area contributed by atoms with Crippen molar-refractivity contribution in [2.45, 2.75) is 33.6 Å². The van der Waals surface area contributed by atoms with Crippen LogP contribution >= 0.6 is 0 Å². The minimum Gasteiger partial charge on any atom is -0.657 e. The number of aromatic nitrogens is 4. The zero-order valence-electron chi connectivity index (χ0n) is 33.0. The van der Waals surface area contributed by atoms with E-state index in [1.807, 2.05) is 30.3 Å². The summed E-state index contributed by atoms with van der Waals surface area (Å²) in [6, 6.07) is 44.0. The van der Waals surface area contributed by atoms with Crippen LogP contribution in [0.15, 0.2) is 133 Å². The van der Waals surface area contributed by atoms with Gasteiger partial charge in [-0.1, -0.05) is 150 Å². The maximum Gasteiger partial charge on any atom is 2.00 e. The van der Waals surface area contributed by atoms with Gasteiger partial charge < -0.3 is 9.97 Å². The Morgan fingerprint density at radius 3 is 1.37 bits per heavy atom. The molecule has 1 unspecified atom stereocenters. The SMILES string of the molecule is Cc1ccc(-c2c3nc(c(-c4ccc(C)cc4)c4ccc([n-]4)c(-c4ccc(C)cc4)c4nc(c(CC5CC=C(c6ccccc6)C5=O)c5ccc2[n-]5)C=C4)C=C3)cc1.[Ni+2]. The van der Waals surface area contributed by atoms with Gasteiger partial charge in [-0.05, 0) is 102 Å². The minimum absolute atomic E-state index is 0. The second-order valence-corrected chi connectivity index (χ2v) is 15.5. The minimum atomic E-state index is -0.230. The Kier molecular flexibility index (Phi) is 10.0. The Bertz CT molecular complexity index is 2980. The summed E-state index contributed by atoms with van der Waals surface area (Å²) in [5.74, 6) is -0.0718. The smallest absolute Gasteiger partial charge is 0.657 e. The third kappa shape index (κ3) is 7.15. The average molecular weight is 808 g/mol. The predicted molar refractivity (Wildman–Crippen MR) is 239 cm³/mol. The summed E-state index contributed by atoms with van der Waals surface area (Å²) < 4.78 is 0. The summed E-state index contributed by atoms with van der Waals surface area (Å²) in [6.07, 6.45) is 11.6. The number of rotatable bonds is 6. The van der Waals surface area contributed by atoms with Crippen molar-refractivity contribution in [2.24, 2.45) is 5.92 Å². The molecule has 5 nitrogen and oxygen atoms in total. The van der Waals surface area contributed by atoms with E-state index in [-0.39, 0.29) is 28.2 Å². The molecule has 10 rings (SSSR count). The van der Waals surface area contributed by atoms with E-state index in [0.717, 1.165) is 94.9 Å². The second-order valence-electron chi connectivity index (χ2n) is 15.5.